The van der Waals surface area contributed by atoms with E-state index in [0.29, 0.717) is 13.0 Å². The van der Waals surface area contributed by atoms with Gasteiger partial charge in [-0.1, -0.05) is 19.3 Å². The Morgan fingerprint density at radius 2 is 2.13 bits per heavy atom. The normalized spacial score (nSPS) is 26.6. The summed E-state index contributed by atoms with van der Waals surface area (Å²) < 4.78 is 0. The summed E-state index contributed by atoms with van der Waals surface area (Å²) in [4.78, 5) is 10.6. The van der Waals surface area contributed by atoms with Gasteiger partial charge in [-0.3, -0.25) is 4.79 Å². The largest absolute Gasteiger partial charge is 0.370 e. The molecule has 1 rings (SSSR count). The number of amides is 1. The van der Waals surface area contributed by atoms with E-state index in [9.17, 15) is 4.79 Å². The molecule has 0 aromatic carbocycles. The van der Waals surface area contributed by atoms with Gasteiger partial charge in [0.2, 0.25) is 5.91 Å². The van der Waals surface area contributed by atoms with Gasteiger partial charge in [-0.2, -0.15) is 5.26 Å². The van der Waals surface area contributed by atoms with Crippen LogP contribution in [0.25, 0.3) is 0 Å². The maximum Gasteiger partial charge on any atom is 0.218 e. The Bertz CT molecular complexity index is 247. The molecule has 0 aromatic rings. The smallest absolute Gasteiger partial charge is 0.218 e. The van der Waals surface area contributed by atoms with Gasteiger partial charge in [0.05, 0.1) is 12.0 Å². The highest BCUT2D eigenvalue weighted by molar-refractivity contribution is 5.73. The maximum atomic E-state index is 10.6. The van der Waals surface area contributed by atoms with Crippen molar-refractivity contribution >= 4 is 5.91 Å². The second-order valence-corrected chi connectivity index (χ2v) is 4.15. The number of carbonyl (C=O) groups is 1. The van der Waals surface area contributed by atoms with Gasteiger partial charge in [-0.05, 0) is 12.8 Å². The molecule has 4 heteroatoms. The molecule has 0 bridgehead atoms. The van der Waals surface area contributed by atoms with Crippen LogP contribution in [0, 0.1) is 17.2 Å². The van der Waals surface area contributed by atoms with E-state index in [1.54, 1.807) is 0 Å². The molecule has 0 aromatic heterocycles. The van der Waals surface area contributed by atoms with Crippen LogP contribution in [-0.4, -0.2) is 18.5 Å². The molecule has 15 heavy (non-hydrogen) atoms. The second-order valence-electron chi connectivity index (χ2n) is 4.15. The highest BCUT2D eigenvalue weighted by Gasteiger charge is 2.22. The molecule has 2 unspecified atom stereocenters. The van der Waals surface area contributed by atoms with Crippen molar-refractivity contribution in [3.63, 3.8) is 0 Å². The lowest BCUT2D eigenvalue weighted by Crippen LogP contribution is -2.36. The van der Waals surface area contributed by atoms with Crippen molar-refractivity contribution in [3.05, 3.63) is 0 Å². The first-order valence-corrected chi connectivity index (χ1v) is 5.65. The second kappa shape index (κ2) is 6.41. The maximum absolute atomic E-state index is 10.6. The molecule has 1 fully saturated rings. The number of primary amides is 1. The van der Waals surface area contributed by atoms with E-state index >= 15 is 0 Å². The summed E-state index contributed by atoms with van der Waals surface area (Å²) in [7, 11) is 0. The summed E-state index contributed by atoms with van der Waals surface area (Å²) >= 11 is 0. The number of nitrogens with zero attached hydrogens (tertiary/aromatic N) is 1. The molecule has 1 amide bonds. The summed E-state index contributed by atoms with van der Waals surface area (Å²) in [5.74, 6) is -0.190. The number of carbonyl (C=O) groups excluding carboxylic acids is 1. The van der Waals surface area contributed by atoms with Crippen LogP contribution in [-0.2, 0) is 4.79 Å². The van der Waals surface area contributed by atoms with Crippen LogP contribution in [0.2, 0.25) is 0 Å². The van der Waals surface area contributed by atoms with Crippen LogP contribution in [0.4, 0.5) is 0 Å². The average Bonchev–Trinajstić information content (AvgIpc) is 2.42. The minimum Gasteiger partial charge on any atom is -0.370 e. The van der Waals surface area contributed by atoms with Gasteiger partial charge < -0.3 is 11.1 Å². The molecule has 0 radical (unpaired) electrons. The van der Waals surface area contributed by atoms with Gasteiger partial charge in [0, 0.05) is 19.0 Å². The Morgan fingerprint density at radius 1 is 1.40 bits per heavy atom. The lowest BCUT2D eigenvalue weighted by molar-refractivity contribution is -0.117. The van der Waals surface area contributed by atoms with E-state index < -0.39 is 0 Å². The third-order valence-electron chi connectivity index (χ3n) is 2.96. The van der Waals surface area contributed by atoms with Crippen molar-refractivity contribution in [2.24, 2.45) is 11.7 Å². The Balaban J connectivity index is 2.35. The van der Waals surface area contributed by atoms with E-state index in [-0.39, 0.29) is 17.9 Å². The van der Waals surface area contributed by atoms with E-state index in [0.717, 1.165) is 19.3 Å². The first-order chi connectivity index (χ1) is 7.24. The average molecular weight is 209 g/mol. The molecule has 0 aliphatic heterocycles. The predicted octanol–water partition coefficient (Wildman–Crippen LogP) is 0.924. The summed E-state index contributed by atoms with van der Waals surface area (Å²) in [5, 5.41) is 12.3. The van der Waals surface area contributed by atoms with Gasteiger partial charge >= 0.3 is 0 Å². The molecule has 1 saturated carbocycles. The van der Waals surface area contributed by atoms with Crippen LogP contribution in [0.3, 0.4) is 0 Å². The van der Waals surface area contributed by atoms with Gasteiger partial charge in [-0.15, -0.1) is 0 Å². The fourth-order valence-corrected chi connectivity index (χ4v) is 2.09. The lowest BCUT2D eigenvalue weighted by atomic mass is 9.96. The van der Waals surface area contributed by atoms with E-state index in [4.69, 9.17) is 11.0 Å². The van der Waals surface area contributed by atoms with Crippen molar-refractivity contribution in [3.8, 4) is 6.07 Å². The third-order valence-corrected chi connectivity index (χ3v) is 2.96. The topological polar surface area (TPSA) is 78.9 Å². The molecule has 0 saturated heterocycles. The standard InChI is InChI=1S/C11H19N3O/c12-8-9-4-2-1-3-5-10(9)14-7-6-11(13)15/h9-10,14H,1-7H2,(H2,13,15). The van der Waals surface area contributed by atoms with Gasteiger partial charge in [0.25, 0.3) is 0 Å². The molecule has 2 atom stereocenters. The number of hydrogen-bond donors (Lipinski definition) is 2. The predicted molar refractivity (Wildman–Crippen MR) is 57.8 cm³/mol. The van der Waals surface area contributed by atoms with Crippen molar-refractivity contribution < 1.29 is 4.79 Å². The van der Waals surface area contributed by atoms with Crippen molar-refractivity contribution in [2.75, 3.05) is 6.54 Å². The van der Waals surface area contributed by atoms with Crippen LogP contribution in [0.15, 0.2) is 0 Å². The van der Waals surface area contributed by atoms with Crippen LogP contribution in [0.1, 0.15) is 38.5 Å². The minimum atomic E-state index is -0.287. The molecular weight excluding hydrogens is 190 g/mol. The Kier molecular flexibility index (Phi) is 5.13. The first-order valence-electron chi connectivity index (χ1n) is 5.65. The van der Waals surface area contributed by atoms with Gasteiger partial charge in [0.15, 0.2) is 0 Å². The molecule has 1 aliphatic carbocycles. The van der Waals surface area contributed by atoms with Crippen LogP contribution >= 0.6 is 0 Å². The number of nitrogens with one attached hydrogen (secondary N) is 1. The van der Waals surface area contributed by atoms with Gasteiger partial charge in [-0.25, -0.2) is 0 Å². The van der Waals surface area contributed by atoms with Crippen molar-refractivity contribution in [1.82, 2.24) is 5.32 Å². The SMILES string of the molecule is N#CC1CCCCCC1NCCC(N)=O. The fourth-order valence-electron chi connectivity index (χ4n) is 2.09. The van der Waals surface area contributed by atoms with Crippen LogP contribution in [0.5, 0.6) is 0 Å². The van der Waals surface area contributed by atoms with Crippen molar-refractivity contribution in [2.45, 2.75) is 44.6 Å². The van der Waals surface area contributed by atoms with E-state index in [2.05, 4.69) is 11.4 Å². The van der Waals surface area contributed by atoms with Gasteiger partial charge in [0.1, 0.15) is 0 Å². The zero-order chi connectivity index (χ0) is 11.1. The van der Waals surface area contributed by atoms with Crippen molar-refractivity contribution in [1.29, 1.82) is 5.26 Å². The zero-order valence-electron chi connectivity index (χ0n) is 9.04. The van der Waals surface area contributed by atoms with E-state index in [1.165, 1.54) is 12.8 Å². The highest BCUT2D eigenvalue weighted by Crippen LogP contribution is 2.22. The number of nitrogens with two attached hydrogens (primary N) is 1. The summed E-state index contributed by atoms with van der Waals surface area (Å²) in [6.45, 7) is 0.595. The summed E-state index contributed by atoms with van der Waals surface area (Å²) in [6, 6.07) is 2.60. The molecule has 4 nitrogen and oxygen atoms in total. The molecule has 0 spiro atoms. The van der Waals surface area contributed by atoms with Crippen LogP contribution < -0.4 is 11.1 Å². The monoisotopic (exact) mass is 209 g/mol. The Morgan fingerprint density at radius 3 is 2.80 bits per heavy atom. The zero-order valence-corrected chi connectivity index (χ0v) is 9.04. The van der Waals surface area contributed by atoms with E-state index in [1.807, 2.05) is 0 Å². The molecule has 84 valence electrons. The third kappa shape index (κ3) is 4.30. The lowest BCUT2D eigenvalue weighted by Gasteiger charge is -2.20. The molecule has 3 N–H and O–H groups in total. The molecule has 1 aliphatic rings. The number of hydrogen-bond acceptors (Lipinski definition) is 3. The summed E-state index contributed by atoms with van der Waals surface area (Å²) in [5.41, 5.74) is 5.06. The first kappa shape index (κ1) is 12.0. The Labute approximate surface area is 90.8 Å². The number of rotatable bonds is 4. The molecule has 0 heterocycles. The number of nitriles is 1. The quantitative estimate of drug-likeness (QED) is 0.676. The fraction of sp³-hybridized carbons (Fsp3) is 0.818. The molecular formula is C11H19N3O. The Hall–Kier alpha value is -1.08. The highest BCUT2D eigenvalue weighted by atomic mass is 16.1. The minimum absolute atomic E-state index is 0.0976. The summed E-state index contributed by atoms with van der Waals surface area (Å²) in [6.07, 6.45) is 5.90.